The number of rotatable bonds is 5. The molecule has 0 aliphatic rings. The predicted octanol–water partition coefficient (Wildman–Crippen LogP) is 3.15. The van der Waals surface area contributed by atoms with E-state index < -0.39 is 0 Å². The van der Waals surface area contributed by atoms with E-state index in [4.69, 9.17) is 0 Å². The molecule has 22 heavy (non-hydrogen) atoms. The average molecular weight is 317 g/mol. The molecule has 0 aliphatic heterocycles. The molecule has 2 N–H and O–H groups in total. The molecule has 1 aromatic carbocycles. The van der Waals surface area contributed by atoms with Crippen molar-refractivity contribution in [3.63, 3.8) is 0 Å². The summed E-state index contributed by atoms with van der Waals surface area (Å²) in [5.41, 5.74) is 1.97. The SMILES string of the molecule is CC(=O)Nc1cccc(C(=O)NCc2csc(C(C)C)n2)c1. The summed E-state index contributed by atoms with van der Waals surface area (Å²) in [6.07, 6.45) is 0. The van der Waals surface area contributed by atoms with Gasteiger partial charge in [0.1, 0.15) is 0 Å². The molecule has 0 fully saturated rings. The highest BCUT2D eigenvalue weighted by atomic mass is 32.1. The van der Waals surface area contributed by atoms with Crippen LogP contribution in [0.4, 0.5) is 5.69 Å². The van der Waals surface area contributed by atoms with Crippen LogP contribution in [0.5, 0.6) is 0 Å². The summed E-state index contributed by atoms with van der Waals surface area (Å²) in [6.45, 7) is 6.01. The topological polar surface area (TPSA) is 71.1 Å². The Morgan fingerprint density at radius 3 is 2.73 bits per heavy atom. The number of hydrogen-bond acceptors (Lipinski definition) is 4. The lowest BCUT2D eigenvalue weighted by Gasteiger charge is -2.06. The van der Waals surface area contributed by atoms with Gasteiger partial charge in [-0.25, -0.2) is 4.98 Å². The molecule has 0 radical (unpaired) electrons. The number of benzene rings is 1. The Morgan fingerprint density at radius 1 is 1.32 bits per heavy atom. The van der Waals surface area contributed by atoms with Crippen molar-refractivity contribution in [2.24, 2.45) is 0 Å². The van der Waals surface area contributed by atoms with E-state index in [1.807, 2.05) is 5.38 Å². The van der Waals surface area contributed by atoms with Gasteiger partial charge in [0, 0.05) is 29.5 Å². The summed E-state index contributed by atoms with van der Waals surface area (Å²) >= 11 is 1.60. The summed E-state index contributed by atoms with van der Waals surface area (Å²) in [7, 11) is 0. The molecular formula is C16H19N3O2S. The van der Waals surface area contributed by atoms with Crippen LogP contribution in [-0.2, 0) is 11.3 Å². The van der Waals surface area contributed by atoms with Crippen LogP contribution in [0, 0.1) is 0 Å². The molecular weight excluding hydrogens is 298 g/mol. The van der Waals surface area contributed by atoms with Gasteiger partial charge in [-0.2, -0.15) is 0 Å². The lowest BCUT2D eigenvalue weighted by Crippen LogP contribution is -2.23. The molecule has 0 saturated carbocycles. The Hall–Kier alpha value is -2.21. The van der Waals surface area contributed by atoms with Gasteiger partial charge in [0.2, 0.25) is 5.91 Å². The van der Waals surface area contributed by atoms with E-state index in [0.717, 1.165) is 10.7 Å². The minimum Gasteiger partial charge on any atom is -0.346 e. The molecule has 2 aromatic rings. The molecule has 2 rings (SSSR count). The molecule has 0 bridgehead atoms. The van der Waals surface area contributed by atoms with Crippen molar-refractivity contribution < 1.29 is 9.59 Å². The van der Waals surface area contributed by atoms with Crippen LogP contribution in [0.2, 0.25) is 0 Å². The maximum Gasteiger partial charge on any atom is 0.251 e. The summed E-state index contributed by atoms with van der Waals surface area (Å²) in [6, 6.07) is 6.84. The van der Waals surface area contributed by atoms with E-state index in [1.165, 1.54) is 6.92 Å². The molecule has 116 valence electrons. The number of aromatic nitrogens is 1. The fourth-order valence-electron chi connectivity index (χ4n) is 1.88. The highest BCUT2D eigenvalue weighted by Crippen LogP contribution is 2.19. The maximum atomic E-state index is 12.1. The second-order valence-corrected chi connectivity index (χ2v) is 6.17. The van der Waals surface area contributed by atoms with E-state index >= 15 is 0 Å². The van der Waals surface area contributed by atoms with Crippen LogP contribution in [0.1, 0.15) is 47.7 Å². The van der Waals surface area contributed by atoms with Gasteiger partial charge in [0.25, 0.3) is 5.91 Å². The number of nitrogens with zero attached hydrogens (tertiary/aromatic N) is 1. The third-order valence-electron chi connectivity index (χ3n) is 2.94. The third-order valence-corrected chi connectivity index (χ3v) is 4.13. The number of anilines is 1. The van der Waals surface area contributed by atoms with E-state index in [0.29, 0.717) is 23.7 Å². The smallest absolute Gasteiger partial charge is 0.251 e. The first-order valence-electron chi connectivity index (χ1n) is 7.06. The molecule has 5 nitrogen and oxygen atoms in total. The Bertz CT molecular complexity index is 680. The Kier molecular flexibility index (Phi) is 5.27. The molecule has 6 heteroatoms. The van der Waals surface area contributed by atoms with Crippen LogP contribution in [-0.4, -0.2) is 16.8 Å². The molecule has 2 amide bonds. The number of amides is 2. The van der Waals surface area contributed by atoms with Crippen molar-refractivity contribution in [2.45, 2.75) is 33.2 Å². The lowest BCUT2D eigenvalue weighted by atomic mass is 10.2. The zero-order valence-electron chi connectivity index (χ0n) is 12.8. The predicted molar refractivity (Wildman–Crippen MR) is 88.1 cm³/mol. The van der Waals surface area contributed by atoms with E-state index in [9.17, 15) is 9.59 Å². The molecule has 0 aliphatic carbocycles. The number of hydrogen-bond donors (Lipinski definition) is 2. The molecule has 1 heterocycles. The number of carbonyl (C=O) groups is 2. The number of nitrogens with one attached hydrogen (secondary N) is 2. The summed E-state index contributed by atoms with van der Waals surface area (Å²) in [4.78, 5) is 27.7. The van der Waals surface area contributed by atoms with Gasteiger partial charge in [-0.1, -0.05) is 19.9 Å². The van der Waals surface area contributed by atoms with Crippen LogP contribution in [0.15, 0.2) is 29.6 Å². The highest BCUT2D eigenvalue weighted by Gasteiger charge is 2.09. The van der Waals surface area contributed by atoms with Gasteiger partial charge in [-0.05, 0) is 18.2 Å². The van der Waals surface area contributed by atoms with E-state index in [2.05, 4.69) is 29.5 Å². The van der Waals surface area contributed by atoms with E-state index in [1.54, 1.807) is 35.6 Å². The minimum absolute atomic E-state index is 0.166. The van der Waals surface area contributed by atoms with Gasteiger partial charge < -0.3 is 10.6 Å². The van der Waals surface area contributed by atoms with Gasteiger partial charge >= 0.3 is 0 Å². The van der Waals surface area contributed by atoms with Crippen LogP contribution in [0.3, 0.4) is 0 Å². The summed E-state index contributed by atoms with van der Waals surface area (Å²) < 4.78 is 0. The van der Waals surface area contributed by atoms with Crippen molar-refractivity contribution >= 4 is 28.8 Å². The van der Waals surface area contributed by atoms with Crippen LogP contribution in [0.25, 0.3) is 0 Å². The first-order valence-corrected chi connectivity index (χ1v) is 7.94. The zero-order chi connectivity index (χ0) is 16.1. The fraction of sp³-hybridized carbons (Fsp3) is 0.312. The van der Waals surface area contributed by atoms with Gasteiger partial charge in [-0.3, -0.25) is 9.59 Å². The monoisotopic (exact) mass is 317 g/mol. The number of carbonyl (C=O) groups excluding carboxylic acids is 2. The van der Waals surface area contributed by atoms with Crippen molar-refractivity contribution in [2.75, 3.05) is 5.32 Å². The lowest BCUT2D eigenvalue weighted by molar-refractivity contribution is -0.114. The first kappa shape index (κ1) is 16.2. The molecule has 0 unspecified atom stereocenters. The van der Waals surface area contributed by atoms with E-state index in [-0.39, 0.29) is 11.8 Å². The largest absolute Gasteiger partial charge is 0.346 e. The minimum atomic E-state index is -0.189. The first-order chi connectivity index (χ1) is 10.5. The third kappa shape index (κ3) is 4.39. The van der Waals surface area contributed by atoms with Gasteiger partial charge in [0.05, 0.1) is 17.2 Å². The normalized spacial score (nSPS) is 10.5. The van der Waals surface area contributed by atoms with Crippen molar-refractivity contribution in [3.8, 4) is 0 Å². The molecule has 0 saturated heterocycles. The summed E-state index contributed by atoms with van der Waals surface area (Å²) in [5.74, 6) is 0.0383. The maximum absolute atomic E-state index is 12.1. The average Bonchev–Trinajstić information content (AvgIpc) is 2.93. The zero-order valence-corrected chi connectivity index (χ0v) is 13.7. The van der Waals surface area contributed by atoms with Crippen LogP contribution < -0.4 is 10.6 Å². The summed E-state index contributed by atoms with van der Waals surface area (Å²) in [5, 5.41) is 8.53. The Labute approximate surface area is 133 Å². The number of thiazole rings is 1. The van der Waals surface area contributed by atoms with Gasteiger partial charge in [0.15, 0.2) is 0 Å². The van der Waals surface area contributed by atoms with Gasteiger partial charge in [-0.15, -0.1) is 11.3 Å². The Balaban J connectivity index is 1.98. The Morgan fingerprint density at radius 2 is 2.09 bits per heavy atom. The van der Waals surface area contributed by atoms with Crippen molar-refractivity contribution in [1.82, 2.24) is 10.3 Å². The molecule has 1 aromatic heterocycles. The fourth-order valence-corrected chi connectivity index (χ4v) is 2.72. The second kappa shape index (κ2) is 7.17. The standard InChI is InChI=1S/C16H19N3O2S/c1-10(2)16-19-14(9-22-16)8-17-15(21)12-5-4-6-13(7-12)18-11(3)20/h4-7,9-10H,8H2,1-3H3,(H,17,21)(H,18,20). The highest BCUT2D eigenvalue weighted by molar-refractivity contribution is 7.09. The quantitative estimate of drug-likeness (QED) is 0.890. The second-order valence-electron chi connectivity index (χ2n) is 5.28. The molecule has 0 spiro atoms. The van der Waals surface area contributed by atoms with Crippen molar-refractivity contribution in [1.29, 1.82) is 0 Å². The van der Waals surface area contributed by atoms with Crippen molar-refractivity contribution in [3.05, 3.63) is 45.9 Å². The van der Waals surface area contributed by atoms with Crippen LogP contribution >= 0.6 is 11.3 Å². The molecule has 0 atom stereocenters.